The molecular weight excluding hydrogens is 855 g/mol. The normalized spacial score (nSPS) is 12.7. The molecule has 5 heteroatoms. The Hall–Kier alpha value is -0.521. The molecule has 0 rings (SSSR count). The number of unbranched alkanes of at least 4 members (excludes halogenated alkanes) is 32. The number of carbonyl (C=O) groups excluding carboxylic acids is 2. The van der Waals surface area contributed by atoms with E-state index in [4.69, 9.17) is 0 Å². The maximum atomic E-state index is 11.6. The quantitative estimate of drug-likeness (QED) is 0.0346. The van der Waals surface area contributed by atoms with Crippen LogP contribution in [0.2, 0.25) is 8.87 Å². The summed E-state index contributed by atoms with van der Waals surface area (Å²) in [7, 11) is 0. The summed E-state index contributed by atoms with van der Waals surface area (Å²) < 4.78 is 3.33. The minimum Gasteiger partial charge on any atom is -0.0654 e. The Morgan fingerprint density at radius 3 is 0.738 bits per heavy atom. The first-order valence-electron chi connectivity index (χ1n) is 27.7. The topological polar surface area (TPSA) is 80.3 Å². The number of carboxylic acid groups (broad SMARTS) is 2. The molecule has 0 saturated carbocycles. The van der Waals surface area contributed by atoms with Crippen LogP contribution in [0.4, 0.5) is 0 Å². The van der Waals surface area contributed by atoms with Crippen molar-refractivity contribution in [2.45, 2.75) is 320 Å². The fourth-order valence-electron chi connectivity index (χ4n) is 8.84. The van der Waals surface area contributed by atoms with Gasteiger partial charge in [-0.15, -0.1) is 0 Å². The van der Waals surface area contributed by atoms with Crippen molar-refractivity contribution in [3.8, 4) is 0 Å². The number of carbonyl (C=O) groups is 2. The van der Waals surface area contributed by atoms with Crippen LogP contribution in [0, 0.1) is 11.8 Å². The maximum absolute atomic E-state index is 11.6. The van der Waals surface area contributed by atoms with Crippen molar-refractivity contribution in [3.63, 3.8) is 0 Å². The number of hydrogen-bond acceptors (Lipinski definition) is 4. The third-order valence-corrected chi connectivity index (χ3v) is 17.4. The third kappa shape index (κ3) is 45.8. The molecule has 0 amide bonds. The van der Waals surface area contributed by atoms with Crippen LogP contribution in [0.15, 0.2) is 11.1 Å². The monoisotopic (exact) mass is 965 g/mol. The van der Waals surface area contributed by atoms with Gasteiger partial charge in [0.15, 0.2) is 0 Å². The second kappa shape index (κ2) is 52.1. The molecule has 2 unspecified atom stereocenters. The van der Waals surface area contributed by atoms with Crippen LogP contribution >= 0.6 is 0 Å². The molecule has 2 atom stereocenters. The number of rotatable bonds is 48. The third-order valence-electron chi connectivity index (χ3n) is 13.3. The van der Waals surface area contributed by atoms with Crippen LogP contribution in [0.3, 0.4) is 0 Å². The number of hydrogen-bond donors (Lipinski definition) is 0. The van der Waals surface area contributed by atoms with Gasteiger partial charge in [0.05, 0.1) is 11.9 Å². The van der Waals surface area contributed by atoms with E-state index in [1.165, 1.54) is 193 Å². The molecular formula is C56H108O4Sn. The summed E-state index contributed by atoms with van der Waals surface area (Å²) in [6, 6.07) is 0. The van der Waals surface area contributed by atoms with E-state index < -0.39 is 11.9 Å². The second-order valence-corrected chi connectivity index (χ2v) is 23.4. The Balaban J connectivity index is 0. The van der Waals surface area contributed by atoms with Crippen molar-refractivity contribution in [3.05, 3.63) is 11.1 Å². The summed E-state index contributed by atoms with van der Waals surface area (Å²) in [6.07, 6.45) is 56.0. The fraction of sp³-hybridized carbons (Fsp3) is 0.929. The van der Waals surface area contributed by atoms with Crippen LogP contribution in [0.5, 0.6) is 0 Å². The number of aliphatic carboxylic acids is 2. The van der Waals surface area contributed by atoms with Crippen LogP contribution in [-0.2, 0) is 9.59 Å². The molecule has 0 aliphatic carbocycles. The minimum absolute atomic E-state index is 0.00985. The summed E-state index contributed by atoms with van der Waals surface area (Å²) in [4.78, 5) is 23.2. The Morgan fingerprint density at radius 1 is 0.328 bits per heavy atom. The molecule has 0 aromatic heterocycles. The standard InChI is InChI=1S/C20H36O4.2C18H37.Sn/c1-5-9-11-15(7-3)13-17(19(21)22)18(20(23)24)14-16(8-4)12-10-6-2;2*1-3-5-7-9-11-13-15-17-18-16-14-12-10-8-6-4-2;/h15-16H,5-14H2,1-4H3,(H,21,22)(H,23,24);2*1,3-18H2,2H3;/q;;;+2/p-2/b18-17-;;;. The zero-order chi connectivity index (χ0) is 45.3. The van der Waals surface area contributed by atoms with Crippen LogP contribution < -0.4 is 10.2 Å². The molecule has 0 bridgehead atoms. The average Bonchev–Trinajstić information content (AvgIpc) is 3.26. The van der Waals surface area contributed by atoms with Crippen molar-refractivity contribution in [2.24, 2.45) is 11.8 Å². The molecule has 0 aliphatic rings. The van der Waals surface area contributed by atoms with E-state index in [0.717, 1.165) is 51.4 Å². The summed E-state index contributed by atoms with van der Waals surface area (Å²) >= 11 is 0.00985. The van der Waals surface area contributed by atoms with Gasteiger partial charge >= 0.3 is 171 Å². The molecule has 0 radical (unpaired) electrons. The smallest absolute Gasteiger partial charge is 0.0654 e. The molecule has 0 aromatic carbocycles. The predicted molar refractivity (Wildman–Crippen MR) is 267 cm³/mol. The molecule has 0 fully saturated rings. The average molecular weight is 964 g/mol. The van der Waals surface area contributed by atoms with Crippen LogP contribution in [0.25, 0.3) is 0 Å². The van der Waals surface area contributed by atoms with E-state index in [0.29, 0.717) is 0 Å². The minimum atomic E-state index is -1.35. The summed E-state index contributed by atoms with van der Waals surface area (Å²) in [5.41, 5.74) is -0.0965. The van der Waals surface area contributed by atoms with E-state index in [1.54, 1.807) is 21.7 Å². The zero-order valence-electron chi connectivity index (χ0n) is 42.4. The van der Waals surface area contributed by atoms with Crippen LogP contribution in [-0.4, -0.2) is 33.1 Å². The Kier molecular flexibility index (Phi) is 53.4. The molecule has 0 saturated heterocycles. The SMILES string of the molecule is CCCCC(CC)C/C(C(=O)[O-])=C(\CC(CC)CCCC)C(=O)[O-].CCCCCCCCCCCCCCCCC[CH2][Sn+2][CH2]CCCCCCCCCCCCCCCCC. The van der Waals surface area contributed by atoms with E-state index in [-0.39, 0.29) is 57.0 Å². The van der Waals surface area contributed by atoms with Gasteiger partial charge in [0.2, 0.25) is 0 Å². The Labute approximate surface area is 393 Å². The van der Waals surface area contributed by atoms with Gasteiger partial charge in [-0.05, 0) is 35.8 Å². The Morgan fingerprint density at radius 2 is 0.541 bits per heavy atom. The van der Waals surface area contributed by atoms with Gasteiger partial charge in [-0.25, -0.2) is 0 Å². The van der Waals surface area contributed by atoms with E-state index in [1.807, 2.05) is 13.8 Å². The van der Waals surface area contributed by atoms with Crippen LogP contribution in [0.1, 0.15) is 311 Å². The molecule has 0 spiro atoms. The van der Waals surface area contributed by atoms with Gasteiger partial charge in [0.1, 0.15) is 0 Å². The van der Waals surface area contributed by atoms with Gasteiger partial charge < -0.3 is 19.8 Å². The summed E-state index contributed by atoms with van der Waals surface area (Å²) in [6.45, 7) is 12.8. The molecule has 0 aliphatic heterocycles. The summed E-state index contributed by atoms with van der Waals surface area (Å²) in [5.74, 6) is -2.34. The zero-order valence-corrected chi connectivity index (χ0v) is 45.3. The van der Waals surface area contributed by atoms with Crippen molar-refractivity contribution in [1.29, 1.82) is 0 Å². The first kappa shape index (κ1) is 62.6. The molecule has 0 heterocycles. The van der Waals surface area contributed by atoms with Gasteiger partial charge in [0, 0.05) is 0 Å². The fourth-order valence-corrected chi connectivity index (χ4v) is 12.4. The molecule has 4 nitrogen and oxygen atoms in total. The second-order valence-electron chi connectivity index (χ2n) is 19.1. The van der Waals surface area contributed by atoms with Crippen molar-refractivity contribution < 1.29 is 19.8 Å². The summed E-state index contributed by atoms with van der Waals surface area (Å²) in [5, 5.41) is 23.2. The van der Waals surface area contributed by atoms with Crippen molar-refractivity contribution in [2.75, 3.05) is 0 Å². The first-order valence-corrected chi connectivity index (χ1v) is 31.7. The Bertz CT molecular complexity index is 860. The predicted octanol–water partition coefficient (Wildman–Crippen LogP) is 17.0. The van der Waals surface area contributed by atoms with E-state index in [9.17, 15) is 19.8 Å². The van der Waals surface area contributed by atoms with Gasteiger partial charge in [0.25, 0.3) is 0 Å². The number of carboxylic acids is 2. The molecule has 0 aromatic rings. The molecule has 61 heavy (non-hydrogen) atoms. The molecule has 360 valence electrons. The van der Waals surface area contributed by atoms with Gasteiger partial charge in [-0.1, -0.05) is 157 Å². The van der Waals surface area contributed by atoms with Gasteiger partial charge in [-0.3, -0.25) is 0 Å². The van der Waals surface area contributed by atoms with Crippen molar-refractivity contribution >= 4 is 33.1 Å². The van der Waals surface area contributed by atoms with E-state index >= 15 is 0 Å². The van der Waals surface area contributed by atoms with E-state index in [2.05, 4.69) is 27.7 Å². The van der Waals surface area contributed by atoms with Gasteiger partial charge in [-0.2, -0.15) is 0 Å². The van der Waals surface area contributed by atoms with Crippen molar-refractivity contribution in [1.82, 2.24) is 0 Å². The first-order chi connectivity index (χ1) is 29.8. The molecule has 0 N–H and O–H groups in total.